The Hall–Kier alpha value is -2.50. The van der Waals surface area contributed by atoms with Crippen molar-refractivity contribution < 1.29 is 9.84 Å². The number of rotatable bonds is 6. The molecule has 2 aromatic rings. The molecule has 0 aliphatic rings. The first kappa shape index (κ1) is 13.9. The molecular weight excluding hydrogens is 258 g/mol. The molecule has 0 saturated carbocycles. The molecule has 1 aromatic carbocycles. The third-order valence-electron chi connectivity index (χ3n) is 2.94. The number of methoxy groups -OCH3 is 1. The van der Waals surface area contributed by atoms with Gasteiger partial charge >= 0.3 is 0 Å². The minimum Gasteiger partial charge on any atom is -0.504 e. The molecule has 6 nitrogen and oxygen atoms in total. The predicted molar refractivity (Wildman–Crippen MR) is 76.9 cm³/mol. The van der Waals surface area contributed by atoms with Crippen LogP contribution in [0.25, 0.3) is 0 Å². The van der Waals surface area contributed by atoms with Crippen LogP contribution in [0.4, 0.5) is 0 Å². The number of hydrogen-bond donors (Lipinski definition) is 3. The fourth-order valence-electron chi connectivity index (χ4n) is 1.85. The SMILES string of the molecule is COc1cccc(C=NCCCc2c[nH][nH]c2=O)c1O. The lowest BCUT2D eigenvalue weighted by molar-refractivity contribution is 0.373. The highest BCUT2D eigenvalue weighted by Crippen LogP contribution is 2.27. The Bertz CT molecular complexity index is 643. The Morgan fingerprint density at radius 3 is 3.00 bits per heavy atom. The van der Waals surface area contributed by atoms with Crippen molar-refractivity contribution in [2.24, 2.45) is 4.99 Å². The van der Waals surface area contributed by atoms with Gasteiger partial charge in [-0.15, -0.1) is 0 Å². The molecule has 20 heavy (non-hydrogen) atoms. The second-order valence-electron chi connectivity index (χ2n) is 4.30. The lowest BCUT2D eigenvalue weighted by atomic mass is 10.2. The van der Waals surface area contributed by atoms with Gasteiger partial charge in [0, 0.05) is 30.1 Å². The first-order chi connectivity index (χ1) is 9.72. The van der Waals surface area contributed by atoms with E-state index in [-0.39, 0.29) is 11.3 Å². The van der Waals surface area contributed by atoms with E-state index in [1.165, 1.54) is 7.11 Å². The van der Waals surface area contributed by atoms with Crippen molar-refractivity contribution in [1.29, 1.82) is 0 Å². The number of nitrogens with one attached hydrogen (secondary N) is 2. The number of benzene rings is 1. The number of aromatic nitrogens is 2. The molecule has 0 radical (unpaired) electrons. The van der Waals surface area contributed by atoms with E-state index in [4.69, 9.17) is 4.74 Å². The molecule has 0 saturated heterocycles. The molecule has 0 atom stereocenters. The van der Waals surface area contributed by atoms with Crippen molar-refractivity contribution in [3.8, 4) is 11.5 Å². The second kappa shape index (κ2) is 6.60. The van der Waals surface area contributed by atoms with Crippen LogP contribution in [0.5, 0.6) is 11.5 Å². The normalized spacial score (nSPS) is 11.1. The molecule has 3 N–H and O–H groups in total. The Balaban J connectivity index is 1.88. The third-order valence-corrected chi connectivity index (χ3v) is 2.94. The van der Waals surface area contributed by atoms with Gasteiger partial charge < -0.3 is 14.9 Å². The maximum Gasteiger partial charge on any atom is 0.267 e. The van der Waals surface area contributed by atoms with Crippen molar-refractivity contribution in [3.05, 3.63) is 45.9 Å². The average Bonchev–Trinajstić information content (AvgIpc) is 2.86. The van der Waals surface area contributed by atoms with Crippen LogP contribution in [-0.2, 0) is 6.42 Å². The summed E-state index contributed by atoms with van der Waals surface area (Å²) >= 11 is 0. The Labute approximate surface area is 116 Å². The van der Waals surface area contributed by atoms with Crippen LogP contribution < -0.4 is 10.3 Å². The smallest absolute Gasteiger partial charge is 0.267 e. The van der Waals surface area contributed by atoms with Gasteiger partial charge in [-0.1, -0.05) is 6.07 Å². The number of ether oxygens (including phenoxy) is 1. The third kappa shape index (κ3) is 3.28. The summed E-state index contributed by atoms with van der Waals surface area (Å²) in [5.41, 5.74) is 1.26. The highest BCUT2D eigenvalue weighted by atomic mass is 16.5. The van der Waals surface area contributed by atoms with Crippen LogP contribution in [0.15, 0.2) is 34.2 Å². The molecule has 0 bridgehead atoms. The molecule has 1 heterocycles. The fraction of sp³-hybridized carbons (Fsp3) is 0.286. The van der Waals surface area contributed by atoms with Crippen molar-refractivity contribution in [2.45, 2.75) is 12.8 Å². The summed E-state index contributed by atoms with van der Waals surface area (Å²) < 4.78 is 5.02. The van der Waals surface area contributed by atoms with Gasteiger partial charge in [-0.2, -0.15) is 0 Å². The largest absolute Gasteiger partial charge is 0.504 e. The molecular formula is C14H17N3O3. The van der Waals surface area contributed by atoms with Crippen molar-refractivity contribution in [2.75, 3.05) is 13.7 Å². The number of phenolic OH excluding ortho intramolecular Hbond substituents is 1. The molecule has 0 amide bonds. The van der Waals surface area contributed by atoms with Crippen LogP contribution in [-0.4, -0.2) is 35.2 Å². The van der Waals surface area contributed by atoms with Crippen LogP contribution in [0.3, 0.4) is 0 Å². The lowest BCUT2D eigenvalue weighted by Gasteiger charge is -2.04. The van der Waals surface area contributed by atoms with E-state index in [9.17, 15) is 9.90 Å². The maximum atomic E-state index is 11.2. The number of nitrogens with zero attached hydrogens (tertiary/aromatic N) is 1. The van der Waals surface area contributed by atoms with Gasteiger partial charge in [0.15, 0.2) is 11.5 Å². The van der Waals surface area contributed by atoms with Crippen LogP contribution >= 0.6 is 0 Å². The molecule has 6 heteroatoms. The van der Waals surface area contributed by atoms with Gasteiger partial charge in [0.2, 0.25) is 0 Å². The monoisotopic (exact) mass is 275 g/mol. The molecule has 1 aromatic heterocycles. The Morgan fingerprint density at radius 2 is 2.30 bits per heavy atom. The lowest BCUT2D eigenvalue weighted by Crippen LogP contribution is -2.05. The molecule has 0 unspecified atom stereocenters. The maximum absolute atomic E-state index is 11.2. The van der Waals surface area contributed by atoms with E-state index < -0.39 is 0 Å². The number of H-pyrrole nitrogens is 2. The van der Waals surface area contributed by atoms with E-state index in [1.54, 1.807) is 30.6 Å². The number of aromatic amines is 2. The van der Waals surface area contributed by atoms with Crippen LogP contribution in [0.1, 0.15) is 17.5 Å². The fourth-order valence-corrected chi connectivity index (χ4v) is 1.85. The Kier molecular flexibility index (Phi) is 4.60. The molecule has 106 valence electrons. The van der Waals surface area contributed by atoms with Gasteiger partial charge in [0.05, 0.1) is 7.11 Å². The molecule has 0 aliphatic heterocycles. The van der Waals surface area contributed by atoms with Gasteiger partial charge in [-0.25, -0.2) is 0 Å². The summed E-state index contributed by atoms with van der Waals surface area (Å²) in [6.07, 6.45) is 4.71. The average molecular weight is 275 g/mol. The second-order valence-corrected chi connectivity index (χ2v) is 4.30. The quantitative estimate of drug-likeness (QED) is 0.550. The van der Waals surface area contributed by atoms with E-state index >= 15 is 0 Å². The topological polar surface area (TPSA) is 90.5 Å². The summed E-state index contributed by atoms with van der Waals surface area (Å²) in [6.45, 7) is 0.585. The molecule has 0 fully saturated rings. The first-order valence-corrected chi connectivity index (χ1v) is 6.33. The highest BCUT2D eigenvalue weighted by Gasteiger charge is 2.04. The zero-order chi connectivity index (χ0) is 14.4. The number of aliphatic imine (C=N–C) groups is 1. The zero-order valence-corrected chi connectivity index (χ0v) is 11.2. The standard InChI is InChI=1S/C14H17N3O3/c1-20-12-6-2-4-10(13(12)18)8-15-7-3-5-11-9-16-17-14(11)19/h2,4,6,8-9,18H,3,5,7H2,1H3,(H2,16,17,19). The number of phenols is 1. The summed E-state index contributed by atoms with van der Waals surface area (Å²) in [5, 5.41) is 15.0. The molecule has 2 rings (SSSR count). The zero-order valence-electron chi connectivity index (χ0n) is 11.2. The van der Waals surface area contributed by atoms with E-state index in [0.717, 1.165) is 12.0 Å². The van der Waals surface area contributed by atoms with Crippen LogP contribution in [0.2, 0.25) is 0 Å². The molecule has 0 spiro atoms. The van der Waals surface area contributed by atoms with Crippen molar-refractivity contribution in [1.82, 2.24) is 10.2 Å². The summed E-state index contributed by atoms with van der Waals surface area (Å²) in [6, 6.07) is 5.24. The van der Waals surface area contributed by atoms with E-state index in [2.05, 4.69) is 15.2 Å². The highest BCUT2D eigenvalue weighted by molar-refractivity contribution is 5.84. The minimum absolute atomic E-state index is 0.0839. The van der Waals surface area contributed by atoms with Crippen molar-refractivity contribution >= 4 is 6.21 Å². The number of hydrogen-bond acceptors (Lipinski definition) is 4. The summed E-state index contributed by atoms with van der Waals surface area (Å²) in [7, 11) is 1.50. The number of aryl methyl sites for hydroxylation is 1. The van der Waals surface area contributed by atoms with Crippen molar-refractivity contribution in [3.63, 3.8) is 0 Å². The van der Waals surface area contributed by atoms with Gasteiger partial charge in [-0.05, 0) is 25.0 Å². The van der Waals surface area contributed by atoms with E-state index in [1.807, 2.05) is 0 Å². The predicted octanol–water partition coefficient (Wildman–Crippen LogP) is 1.47. The van der Waals surface area contributed by atoms with Gasteiger partial charge in [-0.3, -0.25) is 14.9 Å². The number of para-hydroxylation sites is 1. The first-order valence-electron chi connectivity index (χ1n) is 6.33. The number of aromatic hydroxyl groups is 1. The molecule has 0 aliphatic carbocycles. The Morgan fingerprint density at radius 1 is 1.45 bits per heavy atom. The van der Waals surface area contributed by atoms with Gasteiger partial charge in [0.1, 0.15) is 0 Å². The summed E-state index contributed by atoms with van der Waals surface area (Å²) in [4.78, 5) is 15.5. The van der Waals surface area contributed by atoms with Gasteiger partial charge in [0.25, 0.3) is 5.56 Å². The summed E-state index contributed by atoms with van der Waals surface area (Å²) in [5.74, 6) is 0.508. The van der Waals surface area contributed by atoms with E-state index in [0.29, 0.717) is 24.3 Å². The van der Waals surface area contributed by atoms with Crippen LogP contribution in [0, 0.1) is 0 Å². The minimum atomic E-state index is -0.0839.